The molecule has 3 rings (SSSR count). The molecule has 0 amide bonds. The lowest BCUT2D eigenvalue weighted by Crippen LogP contribution is -2.40. The van der Waals surface area contributed by atoms with Gasteiger partial charge in [-0.15, -0.1) is 0 Å². The lowest BCUT2D eigenvalue weighted by molar-refractivity contribution is 0.0529. The van der Waals surface area contributed by atoms with Crippen LogP contribution in [0.25, 0.3) is 0 Å². The van der Waals surface area contributed by atoms with Crippen LogP contribution in [0.2, 0.25) is 0 Å². The molecule has 2 aliphatic rings. The molecule has 0 aliphatic carbocycles. The molecule has 2 atom stereocenters. The third-order valence-electron chi connectivity index (χ3n) is 4.53. The second kappa shape index (κ2) is 6.86. The van der Waals surface area contributed by atoms with Crippen molar-refractivity contribution in [3.05, 3.63) is 11.7 Å². The van der Waals surface area contributed by atoms with Crippen molar-refractivity contribution in [3.63, 3.8) is 0 Å². The molecule has 130 valence electrons. The topological polar surface area (TPSA) is 85.5 Å². The molecule has 0 radical (unpaired) electrons. The molecule has 2 aliphatic heterocycles. The number of hydrogen-bond donors (Lipinski definition) is 0. The number of hydrogen-bond acceptors (Lipinski definition) is 7. The van der Waals surface area contributed by atoms with Crippen molar-refractivity contribution >= 4 is 9.84 Å². The molecule has 2 saturated heterocycles. The van der Waals surface area contributed by atoms with Crippen LogP contribution in [0.4, 0.5) is 0 Å². The molecule has 0 bridgehead atoms. The number of aromatic nitrogens is 2. The van der Waals surface area contributed by atoms with Crippen LogP contribution in [-0.2, 0) is 21.1 Å². The third kappa shape index (κ3) is 4.30. The summed E-state index contributed by atoms with van der Waals surface area (Å²) in [6, 6.07) is 0.0126. The van der Waals surface area contributed by atoms with Gasteiger partial charge < -0.3 is 9.26 Å². The van der Waals surface area contributed by atoms with Gasteiger partial charge in [0, 0.05) is 25.1 Å². The van der Waals surface area contributed by atoms with Gasteiger partial charge in [-0.25, -0.2) is 8.42 Å². The van der Waals surface area contributed by atoms with Crippen molar-refractivity contribution in [2.24, 2.45) is 0 Å². The van der Waals surface area contributed by atoms with E-state index < -0.39 is 9.84 Å². The average molecular weight is 343 g/mol. The lowest BCUT2D eigenvalue weighted by Gasteiger charge is -2.28. The Kier molecular flexibility index (Phi) is 5.03. The van der Waals surface area contributed by atoms with Crippen LogP contribution in [-0.4, -0.2) is 60.3 Å². The highest BCUT2D eigenvalue weighted by Gasteiger charge is 2.34. The van der Waals surface area contributed by atoms with Crippen molar-refractivity contribution in [2.45, 2.75) is 57.7 Å². The second-order valence-electron chi connectivity index (χ2n) is 6.82. The van der Waals surface area contributed by atoms with Crippen LogP contribution in [0.3, 0.4) is 0 Å². The van der Waals surface area contributed by atoms with Gasteiger partial charge in [0.05, 0.1) is 24.2 Å². The molecule has 3 heterocycles. The molecule has 0 aromatic carbocycles. The molecule has 8 heteroatoms. The van der Waals surface area contributed by atoms with Gasteiger partial charge in [-0.1, -0.05) is 19.0 Å². The molecule has 0 unspecified atom stereocenters. The van der Waals surface area contributed by atoms with E-state index in [0.717, 1.165) is 26.0 Å². The van der Waals surface area contributed by atoms with Gasteiger partial charge in [-0.05, 0) is 19.3 Å². The standard InChI is InChI=1S/C15H25N3O4S/c1-11(2)15-16-14(22-17-15)9-18(8-13-4-3-6-21-13)12-5-7-23(19,20)10-12/h11-13H,3-10H2,1-2H3/t12-,13-/m0/s1. The van der Waals surface area contributed by atoms with Crippen molar-refractivity contribution in [2.75, 3.05) is 24.7 Å². The van der Waals surface area contributed by atoms with E-state index in [4.69, 9.17) is 9.26 Å². The van der Waals surface area contributed by atoms with Crippen molar-refractivity contribution in [3.8, 4) is 0 Å². The minimum Gasteiger partial charge on any atom is -0.377 e. The Morgan fingerprint density at radius 2 is 2.17 bits per heavy atom. The summed E-state index contributed by atoms with van der Waals surface area (Å²) in [5.41, 5.74) is 0. The summed E-state index contributed by atoms with van der Waals surface area (Å²) in [7, 11) is -2.92. The summed E-state index contributed by atoms with van der Waals surface area (Å²) >= 11 is 0. The van der Waals surface area contributed by atoms with E-state index >= 15 is 0 Å². The number of nitrogens with zero attached hydrogens (tertiary/aromatic N) is 3. The Balaban J connectivity index is 1.71. The van der Waals surface area contributed by atoms with Crippen molar-refractivity contribution in [1.82, 2.24) is 15.0 Å². The smallest absolute Gasteiger partial charge is 0.240 e. The summed E-state index contributed by atoms with van der Waals surface area (Å²) < 4.78 is 34.7. The summed E-state index contributed by atoms with van der Waals surface area (Å²) in [6.45, 7) is 6.03. The first-order chi connectivity index (χ1) is 10.9. The predicted molar refractivity (Wildman–Crippen MR) is 84.8 cm³/mol. The Morgan fingerprint density at radius 3 is 2.74 bits per heavy atom. The maximum absolute atomic E-state index is 11.8. The van der Waals surface area contributed by atoms with E-state index in [1.165, 1.54) is 0 Å². The van der Waals surface area contributed by atoms with Gasteiger partial charge in [0.2, 0.25) is 5.89 Å². The second-order valence-corrected chi connectivity index (χ2v) is 9.05. The van der Waals surface area contributed by atoms with Crippen LogP contribution >= 0.6 is 0 Å². The SMILES string of the molecule is CC(C)c1noc(CN(C[C@@H]2CCCO2)[C@H]2CCS(=O)(=O)C2)n1. The average Bonchev–Trinajstić information content (AvgIpc) is 3.18. The van der Waals surface area contributed by atoms with E-state index in [1.807, 2.05) is 13.8 Å². The zero-order valence-corrected chi connectivity index (χ0v) is 14.6. The Labute approximate surface area is 137 Å². The highest BCUT2D eigenvalue weighted by atomic mass is 32.2. The quantitative estimate of drug-likeness (QED) is 0.771. The van der Waals surface area contributed by atoms with Gasteiger partial charge in [0.25, 0.3) is 0 Å². The molecule has 7 nitrogen and oxygen atoms in total. The van der Waals surface area contributed by atoms with E-state index in [-0.39, 0.29) is 29.6 Å². The highest BCUT2D eigenvalue weighted by Crippen LogP contribution is 2.23. The van der Waals surface area contributed by atoms with Crippen molar-refractivity contribution < 1.29 is 17.7 Å². The predicted octanol–water partition coefficient (Wildman–Crippen LogP) is 1.36. The molecule has 0 saturated carbocycles. The fourth-order valence-electron chi connectivity index (χ4n) is 3.20. The number of ether oxygens (including phenoxy) is 1. The largest absolute Gasteiger partial charge is 0.377 e. The maximum Gasteiger partial charge on any atom is 0.240 e. The Hall–Kier alpha value is -0.990. The number of rotatable bonds is 6. The van der Waals surface area contributed by atoms with E-state index in [9.17, 15) is 8.42 Å². The first-order valence-electron chi connectivity index (χ1n) is 8.31. The van der Waals surface area contributed by atoms with Gasteiger partial charge in [-0.2, -0.15) is 4.98 Å². The number of sulfone groups is 1. The third-order valence-corrected chi connectivity index (χ3v) is 6.28. The molecular weight excluding hydrogens is 318 g/mol. The molecule has 1 aromatic heterocycles. The fraction of sp³-hybridized carbons (Fsp3) is 0.867. The van der Waals surface area contributed by atoms with E-state index in [1.54, 1.807) is 0 Å². The molecule has 0 N–H and O–H groups in total. The molecular formula is C15H25N3O4S. The maximum atomic E-state index is 11.8. The van der Waals surface area contributed by atoms with Crippen LogP contribution in [0.15, 0.2) is 4.52 Å². The van der Waals surface area contributed by atoms with Gasteiger partial charge in [-0.3, -0.25) is 4.90 Å². The van der Waals surface area contributed by atoms with Crippen LogP contribution in [0.1, 0.15) is 50.7 Å². The first-order valence-corrected chi connectivity index (χ1v) is 10.1. The van der Waals surface area contributed by atoms with Gasteiger partial charge in [0.15, 0.2) is 15.7 Å². The van der Waals surface area contributed by atoms with E-state index in [0.29, 0.717) is 24.7 Å². The fourth-order valence-corrected chi connectivity index (χ4v) is 4.96. The zero-order chi connectivity index (χ0) is 16.4. The monoisotopic (exact) mass is 343 g/mol. The van der Waals surface area contributed by atoms with Crippen LogP contribution in [0.5, 0.6) is 0 Å². The molecule has 23 heavy (non-hydrogen) atoms. The van der Waals surface area contributed by atoms with Crippen molar-refractivity contribution in [1.29, 1.82) is 0 Å². The minimum absolute atomic E-state index is 0.0126. The van der Waals surface area contributed by atoms with Gasteiger partial charge in [0.1, 0.15) is 0 Å². The Bertz CT molecular complexity index is 622. The van der Waals surface area contributed by atoms with Crippen LogP contribution < -0.4 is 0 Å². The first kappa shape index (κ1) is 16.9. The molecule has 2 fully saturated rings. The van der Waals surface area contributed by atoms with Gasteiger partial charge >= 0.3 is 0 Å². The zero-order valence-electron chi connectivity index (χ0n) is 13.8. The summed E-state index contributed by atoms with van der Waals surface area (Å²) in [4.78, 5) is 6.57. The molecule has 0 spiro atoms. The molecule has 1 aromatic rings. The highest BCUT2D eigenvalue weighted by molar-refractivity contribution is 7.91. The summed E-state index contributed by atoms with van der Waals surface area (Å²) in [5, 5.41) is 3.99. The lowest BCUT2D eigenvalue weighted by atomic mass is 10.1. The minimum atomic E-state index is -2.92. The Morgan fingerprint density at radius 1 is 1.35 bits per heavy atom. The van der Waals surface area contributed by atoms with E-state index in [2.05, 4.69) is 15.0 Å². The summed E-state index contributed by atoms with van der Waals surface area (Å²) in [5.74, 6) is 1.93. The van der Waals surface area contributed by atoms with Crippen LogP contribution in [0, 0.1) is 0 Å². The normalized spacial score (nSPS) is 27.3. The summed E-state index contributed by atoms with van der Waals surface area (Å²) in [6.07, 6.45) is 2.93.